The molecule has 3 aromatic rings. The van der Waals surface area contributed by atoms with Gasteiger partial charge in [-0.1, -0.05) is 24.3 Å². The fraction of sp³-hybridized carbons (Fsp3) is 0.417. The molecular formula is C24H23F2N3O2. The van der Waals surface area contributed by atoms with Crippen LogP contribution in [0.3, 0.4) is 0 Å². The molecule has 1 aromatic carbocycles. The number of alkyl halides is 2. The lowest BCUT2D eigenvalue weighted by molar-refractivity contribution is -0.113. The van der Waals surface area contributed by atoms with Crippen LogP contribution >= 0.6 is 0 Å². The maximum absolute atomic E-state index is 13.4. The topological polar surface area (TPSA) is 46.8 Å². The highest BCUT2D eigenvalue weighted by Gasteiger charge is 2.48. The number of nitrogens with zero attached hydrogens (tertiary/aromatic N) is 3. The molecule has 2 aliphatic heterocycles. The molecule has 1 spiro atoms. The van der Waals surface area contributed by atoms with Crippen LogP contribution in [0.15, 0.2) is 30.5 Å². The molecule has 160 valence electrons. The quantitative estimate of drug-likeness (QED) is 0.589. The zero-order valence-corrected chi connectivity index (χ0v) is 17.5. The SMILES string of the molecule is Cc1nc2c3c(c(C(=O)N4CC(F)(F)C4)cn2c1C)CCC1(CCc2ccccc21)O3. The Morgan fingerprint density at radius 2 is 1.87 bits per heavy atom. The van der Waals surface area contributed by atoms with Gasteiger partial charge in [-0.2, -0.15) is 0 Å². The van der Waals surface area contributed by atoms with Gasteiger partial charge >= 0.3 is 0 Å². The Labute approximate surface area is 178 Å². The number of halogens is 2. The molecule has 31 heavy (non-hydrogen) atoms. The van der Waals surface area contributed by atoms with Crippen molar-refractivity contribution in [2.75, 3.05) is 13.1 Å². The number of likely N-dealkylation sites (tertiary alicyclic amines) is 1. The van der Waals surface area contributed by atoms with Crippen molar-refractivity contribution in [3.63, 3.8) is 0 Å². The molecule has 6 rings (SSSR count). The monoisotopic (exact) mass is 423 g/mol. The number of hydrogen-bond donors (Lipinski definition) is 0. The summed E-state index contributed by atoms with van der Waals surface area (Å²) in [5.41, 5.74) is 5.77. The minimum atomic E-state index is -2.80. The van der Waals surface area contributed by atoms with Crippen molar-refractivity contribution in [1.82, 2.24) is 14.3 Å². The average molecular weight is 423 g/mol. The first-order chi connectivity index (χ1) is 14.8. The maximum Gasteiger partial charge on any atom is 0.282 e. The number of aryl methyl sites for hydroxylation is 3. The highest BCUT2D eigenvalue weighted by molar-refractivity contribution is 5.97. The summed E-state index contributed by atoms with van der Waals surface area (Å²) in [4.78, 5) is 19.1. The van der Waals surface area contributed by atoms with Gasteiger partial charge in [0.15, 0.2) is 11.4 Å². The van der Waals surface area contributed by atoms with E-state index in [9.17, 15) is 13.6 Å². The van der Waals surface area contributed by atoms with Gasteiger partial charge in [0.05, 0.1) is 24.3 Å². The van der Waals surface area contributed by atoms with Crippen LogP contribution in [0.1, 0.15) is 51.3 Å². The van der Waals surface area contributed by atoms with E-state index in [4.69, 9.17) is 9.72 Å². The number of ether oxygens (including phenoxy) is 1. The summed E-state index contributed by atoms with van der Waals surface area (Å²) >= 11 is 0. The number of carbonyl (C=O) groups excluding carboxylic acids is 1. The third-order valence-corrected chi connectivity index (χ3v) is 7.19. The van der Waals surface area contributed by atoms with Crippen molar-refractivity contribution < 1.29 is 18.3 Å². The summed E-state index contributed by atoms with van der Waals surface area (Å²) in [7, 11) is 0. The van der Waals surface area contributed by atoms with Gasteiger partial charge in [0.2, 0.25) is 0 Å². The number of hydrogen-bond acceptors (Lipinski definition) is 3. The second-order valence-corrected chi connectivity index (χ2v) is 9.10. The van der Waals surface area contributed by atoms with Gasteiger partial charge < -0.3 is 14.0 Å². The summed E-state index contributed by atoms with van der Waals surface area (Å²) in [6.07, 6.45) is 4.99. The maximum atomic E-state index is 13.4. The number of aromatic nitrogens is 2. The van der Waals surface area contributed by atoms with E-state index in [-0.39, 0.29) is 5.91 Å². The van der Waals surface area contributed by atoms with Crippen molar-refractivity contribution >= 4 is 11.6 Å². The van der Waals surface area contributed by atoms with Gasteiger partial charge in [0, 0.05) is 17.5 Å². The van der Waals surface area contributed by atoms with Crippen LogP contribution in [0, 0.1) is 13.8 Å². The smallest absolute Gasteiger partial charge is 0.282 e. The van der Waals surface area contributed by atoms with E-state index >= 15 is 0 Å². The number of fused-ring (bicyclic) bond motifs is 5. The molecule has 1 fully saturated rings. The fourth-order valence-corrected chi connectivity index (χ4v) is 5.37. The van der Waals surface area contributed by atoms with Crippen LogP contribution in [0.4, 0.5) is 8.78 Å². The zero-order chi connectivity index (χ0) is 21.5. The van der Waals surface area contributed by atoms with Gasteiger partial charge in [-0.05, 0) is 50.7 Å². The molecule has 1 unspecified atom stereocenters. The van der Waals surface area contributed by atoms with Crippen LogP contribution in [-0.2, 0) is 18.4 Å². The first kappa shape index (κ1) is 18.8. The Morgan fingerprint density at radius 3 is 2.65 bits per heavy atom. The fourth-order valence-electron chi connectivity index (χ4n) is 5.37. The standard InChI is InChI=1S/C24H23F2N3O2/c1-14-15(2)29-11-18(22(30)28-12-24(25,26)13-28)17-8-10-23(31-20(17)21(29)27-14)9-7-16-5-3-4-6-19(16)23/h3-6,11H,7-10,12-13H2,1-2H3. The molecule has 7 heteroatoms. The number of rotatable bonds is 1. The second-order valence-electron chi connectivity index (χ2n) is 9.10. The van der Waals surface area contributed by atoms with Gasteiger partial charge in [-0.25, -0.2) is 13.8 Å². The van der Waals surface area contributed by atoms with E-state index in [0.29, 0.717) is 23.4 Å². The Morgan fingerprint density at radius 1 is 1.13 bits per heavy atom. The van der Waals surface area contributed by atoms with E-state index in [1.807, 2.05) is 30.4 Å². The van der Waals surface area contributed by atoms with Crippen molar-refractivity contribution in [3.05, 3.63) is 64.1 Å². The van der Waals surface area contributed by atoms with Gasteiger partial charge in [0.25, 0.3) is 11.8 Å². The molecule has 0 radical (unpaired) electrons. The Bertz CT molecular complexity index is 1260. The van der Waals surface area contributed by atoms with Crippen LogP contribution in [0.25, 0.3) is 5.65 Å². The molecule has 1 atom stereocenters. The molecule has 4 heterocycles. The summed E-state index contributed by atoms with van der Waals surface area (Å²) < 4.78 is 35.5. The van der Waals surface area contributed by atoms with E-state index < -0.39 is 24.6 Å². The summed E-state index contributed by atoms with van der Waals surface area (Å²) in [5.74, 6) is -2.53. The van der Waals surface area contributed by atoms with Crippen molar-refractivity contribution in [2.45, 2.75) is 51.1 Å². The first-order valence-corrected chi connectivity index (χ1v) is 10.7. The molecule has 1 aliphatic carbocycles. The summed E-state index contributed by atoms with van der Waals surface area (Å²) in [5, 5.41) is 0. The third kappa shape index (κ3) is 2.58. The lowest BCUT2D eigenvalue weighted by Crippen LogP contribution is -2.58. The summed E-state index contributed by atoms with van der Waals surface area (Å²) in [6.45, 7) is 2.81. The van der Waals surface area contributed by atoms with Crippen LogP contribution in [0.2, 0.25) is 0 Å². The molecular weight excluding hydrogens is 400 g/mol. The Kier molecular flexibility index (Phi) is 3.67. The Hall–Kier alpha value is -2.96. The number of benzene rings is 1. The Balaban J connectivity index is 1.51. The molecule has 3 aliphatic rings. The highest BCUT2D eigenvalue weighted by atomic mass is 19.3. The molecule has 0 saturated carbocycles. The summed E-state index contributed by atoms with van der Waals surface area (Å²) in [6, 6.07) is 8.36. The predicted octanol–water partition coefficient (Wildman–Crippen LogP) is 4.21. The molecule has 1 saturated heterocycles. The normalized spacial score (nSPS) is 23.4. The molecule has 2 aromatic heterocycles. The molecule has 5 nitrogen and oxygen atoms in total. The van der Waals surface area contributed by atoms with Gasteiger partial charge in [-0.15, -0.1) is 0 Å². The lowest BCUT2D eigenvalue weighted by atomic mass is 9.85. The van der Waals surface area contributed by atoms with Crippen molar-refractivity contribution in [2.24, 2.45) is 0 Å². The first-order valence-electron chi connectivity index (χ1n) is 10.7. The number of carbonyl (C=O) groups is 1. The predicted molar refractivity (Wildman–Crippen MR) is 111 cm³/mol. The van der Waals surface area contributed by atoms with Crippen LogP contribution in [-0.4, -0.2) is 39.2 Å². The number of amides is 1. The molecule has 0 bridgehead atoms. The number of pyridine rings is 1. The van der Waals surface area contributed by atoms with E-state index in [2.05, 4.69) is 12.1 Å². The van der Waals surface area contributed by atoms with Gasteiger partial charge in [0.1, 0.15) is 5.60 Å². The minimum absolute atomic E-state index is 0.360. The van der Waals surface area contributed by atoms with Crippen molar-refractivity contribution in [1.29, 1.82) is 0 Å². The number of imidazole rings is 1. The van der Waals surface area contributed by atoms with E-state index in [0.717, 1.165) is 36.2 Å². The molecule has 1 amide bonds. The largest absolute Gasteiger partial charge is 0.478 e. The van der Waals surface area contributed by atoms with Gasteiger partial charge in [-0.3, -0.25) is 4.79 Å². The lowest BCUT2D eigenvalue weighted by Gasteiger charge is -2.40. The highest BCUT2D eigenvalue weighted by Crippen LogP contribution is 2.49. The minimum Gasteiger partial charge on any atom is -0.478 e. The van der Waals surface area contributed by atoms with Crippen molar-refractivity contribution in [3.8, 4) is 5.75 Å². The van der Waals surface area contributed by atoms with E-state index in [1.165, 1.54) is 16.0 Å². The van der Waals surface area contributed by atoms with Crippen LogP contribution < -0.4 is 4.74 Å². The van der Waals surface area contributed by atoms with E-state index in [1.54, 1.807) is 6.20 Å². The van der Waals surface area contributed by atoms with Crippen LogP contribution in [0.5, 0.6) is 5.75 Å². The second kappa shape index (κ2) is 6.05. The average Bonchev–Trinajstić information content (AvgIpc) is 3.23. The molecule has 0 N–H and O–H groups in total. The third-order valence-electron chi connectivity index (χ3n) is 7.19. The zero-order valence-electron chi connectivity index (χ0n) is 17.5.